The lowest BCUT2D eigenvalue weighted by atomic mass is 10.1. The van der Waals surface area contributed by atoms with Crippen LogP contribution in [0.15, 0.2) is 18.2 Å². The van der Waals surface area contributed by atoms with Gasteiger partial charge in [0.15, 0.2) is 0 Å². The first-order valence-corrected chi connectivity index (χ1v) is 6.66. The van der Waals surface area contributed by atoms with E-state index >= 15 is 0 Å². The molecule has 0 spiro atoms. The SMILES string of the molecule is CCC(CC)NC(=O)CNc1cc(C)cc(C)c1. The van der Waals surface area contributed by atoms with Crippen molar-refractivity contribution in [3.63, 3.8) is 0 Å². The number of anilines is 1. The molecule has 100 valence electrons. The number of carbonyl (C=O) groups excluding carboxylic acids is 1. The average Bonchev–Trinajstić information content (AvgIpc) is 2.32. The summed E-state index contributed by atoms with van der Waals surface area (Å²) >= 11 is 0. The zero-order chi connectivity index (χ0) is 13.5. The van der Waals surface area contributed by atoms with Crippen LogP contribution in [-0.2, 0) is 4.79 Å². The monoisotopic (exact) mass is 248 g/mol. The van der Waals surface area contributed by atoms with Gasteiger partial charge in [-0.25, -0.2) is 0 Å². The molecule has 1 aromatic carbocycles. The zero-order valence-corrected chi connectivity index (χ0v) is 11.8. The van der Waals surface area contributed by atoms with Crippen molar-refractivity contribution in [1.29, 1.82) is 0 Å². The number of aryl methyl sites for hydroxylation is 2. The molecule has 1 rings (SSSR count). The van der Waals surface area contributed by atoms with Crippen LogP contribution in [0.5, 0.6) is 0 Å². The predicted octanol–water partition coefficient (Wildman–Crippen LogP) is 3.02. The van der Waals surface area contributed by atoms with Crippen LogP contribution in [0, 0.1) is 13.8 Å². The molecule has 0 atom stereocenters. The number of hydrogen-bond acceptors (Lipinski definition) is 2. The van der Waals surface area contributed by atoms with Crippen molar-refractivity contribution in [3.05, 3.63) is 29.3 Å². The van der Waals surface area contributed by atoms with E-state index in [0.29, 0.717) is 12.6 Å². The second kappa shape index (κ2) is 7.04. The van der Waals surface area contributed by atoms with Gasteiger partial charge < -0.3 is 10.6 Å². The first-order chi connectivity index (χ1) is 8.55. The van der Waals surface area contributed by atoms with Crippen molar-refractivity contribution in [2.75, 3.05) is 11.9 Å². The lowest BCUT2D eigenvalue weighted by molar-refractivity contribution is -0.120. The highest BCUT2D eigenvalue weighted by Gasteiger charge is 2.07. The van der Waals surface area contributed by atoms with Crippen molar-refractivity contribution >= 4 is 11.6 Å². The van der Waals surface area contributed by atoms with E-state index in [1.54, 1.807) is 0 Å². The topological polar surface area (TPSA) is 41.1 Å². The zero-order valence-electron chi connectivity index (χ0n) is 11.8. The quantitative estimate of drug-likeness (QED) is 0.812. The third-order valence-electron chi connectivity index (χ3n) is 3.03. The van der Waals surface area contributed by atoms with Gasteiger partial charge in [-0.15, -0.1) is 0 Å². The summed E-state index contributed by atoms with van der Waals surface area (Å²) in [5.74, 6) is 0.0582. The highest BCUT2D eigenvalue weighted by molar-refractivity contribution is 5.81. The summed E-state index contributed by atoms with van der Waals surface area (Å²) in [7, 11) is 0. The van der Waals surface area contributed by atoms with E-state index in [4.69, 9.17) is 0 Å². The van der Waals surface area contributed by atoms with Gasteiger partial charge in [0, 0.05) is 11.7 Å². The van der Waals surface area contributed by atoms with Gasteiger partial charge >= 0.3 is 0 Å². The maximum atomic E-state index is 11.7. The van der Waals surface area contributed by atoms with E-state index < -0.39 is 0 Å². The Kier molecular flexibility index (Phi) is 5.69. The summed E-state index contributed by atoms with van der Waals surface area (Å²) in [6.07, 6.45) is 1.96. The van der Waals surface area contributed by atoms with Crippen LogP contribution in [0.1, 0.15) is 37.8 Å². The lowest BCUT2D eigenvalue weighted by Crippen LogP contribution is -2.37. The van der Waals surface area contributed by atoms with Crippen LogP contribution < -0.4 is 10.6 Å². The molecule has 3 nitrogen and oxygen atoms in total. The molecule has 2 N–H and O–H groups in total. The summed E-state index contributed by atoms with van der Waals surface area (Å²) in [4.78, 5) is 11.7. The number of benzene rings is 1. The van der Waals surface area contributed by atoms with Gasteiger partial charge in [-0.2, -0.15) is 0 Å². The Labute approximate surface area is 110 Å². The molecule has 0 heterocycles. The molecular formula is C15H24N2O. The molecule has 0 aliphatic rings. The van der Waals surface area contributed by atoms with Crippen molar-refractivity contribution in [2.24, 2.45) is 0 Å². The molecule has 0 fully saturated rings. The third kappa shape index (κ3) is 4.78. The molecule has 0 aliphatic carbocycles. The van der Waals surface area contributed by atoms with E-state index in [2.05, 4.69) is 56.5 Å². The molecule has 0 radical (unpaired) electrons. The summed E-state index contributed by atoms with van der Waals surface area (Å²) in [5, 5.41) is 6.18. The number of nitrogens with one attached hydrogen (secondary N) is 2. The van der Waals surface area contributed by atoms with Gasteiger partial charge in [0.2, 0.25) is 5.91 Å². The van der Waals surface area contributed by atoms with E-state index in [0.717, 1.165) is 18.5 Å². The van der Waals surface area contributed by atoms with Crippen molar-refractivity contribution < 1.29 is 4.79 Å². The van der Waals surface area contributed by atoms with Crippen LogP contribution in [0.2, 0.25) is 0 Å². The molecular weight excluding hydrogens is 224 g/mol. The Balaban J connectivity index is 2.47. The molecule has 1 aromatic rings. The first kappa shape index (κ1) is 14.6. The fourth-order valence-corrected chi connectivity index (χ4v) is 2.03. The second-order valence-electron chi connectivity index (χ2n) is 4.81. The van der Waals surface area contributed by atoms with E-state index in [9.17, 15) is 4.79 Å². The van der Waals surface area contributed by atoms with E-state index in [1.807, 2.05) is 0 Å². The standard InChI is InChI=1S/C15H24N2O/c1-5-13(6-2)17-15(18)10-16-14-8-11(3)7-12(4)9-14/h7-9,13,16H,5-6,10H2,1-4H3,(H,17,18). The van der Waals surface area contributed by atoms with Crippen molar-refractivity contribution in [3.8, 4) is 0 Å². The summed E-state index contributed by atoms with van der Waals surface area (Å²) in [6.45, 7) is 8.63. The van der Waals surface area contributed by atoms with Gasteiger partial charge in [-0.3, -0.25) is 4.79 Å². The van der Waals surface area contributed by atoms with E-state index in [-0.39, 0.29) is 5.91 Å². The van der Waals surface area contributed by atoms with Crippen molar-refractivity contribution in [1.82, 2.24) is 5.32 Å². The summed E-state index contributed by atoms with van der Waals surface area (Å²) < 4.78 is 0. The maximum absolute atomic E-state index is 11.7. The van der Waals surface area contributed by atoms with Gasteiger partial charge in [-0.1, -0.05) is 19.9 Å². The van der Waals surface area contributed by atoms with Gasteiger partial charge in [-0.05, 0) is 49.9 Å². The smallest absolute Gasteiger partial charge is 0.239 e. The number of amides is 1. The van der Waals surface area contributed by atoms with Crippen LogP contribution in [0.25, 0.3) is 0 Å². The molecule has 0 bridgehead atoms. The Morgan fingerprint density at radius 3 is 2.17 bits per heavy atom. The fourth-order valence-electron chi connectivity index (χ4n) is 2.03. The number of hydrogen-bond donors (Lipinski definition) is 2. The molecule has 18 heavy (non-hydrogen) atoms. The Morgan fingerprint density at radius 2 is 1.67 bits per heavy atom. The molecule has 0 aliphatic heterocycles. The minimum absolute atomic E-state index is 0.0582. The predicted molar refractivity (Wildman–Crippen MR) is 76.9 cm³/mol. The molecule has 0 unspecified atom stereocenters. The molecule has 0 aromatic heterocycles. The summed E-state index contributed by atoms with van der Waals surface area (Å²) in [6, 6.07) is 6.52. The Bertz CT molecular complexity index is 377. The van der Waals surface area contributed by atoms with Gasteiger partial charge in [0.25, 0.3) is 0 Å². The van der Waals surface area contributed by atoms with E-state index in [1.165, 1.54) is 11.1 Å². The Hall–Kier alpha value is -1.51. The van der Waals surface area contributed by atoms with Crippen LogP contribution in [0.4, 0.5) is 5.69 Å². The van der Waals surface area contributed by atoms with Crippen LogP contribution in [-0.4, -0.2) is 18.5 Å². The lowest BCUT2D eigenvalue weighted by Gasteiger charge is -2.15. The minimum atomic E-state index is 0.0582. The third-order valence-corrected chi connectivity index (χ3v) is 3.03. The van der Waals surface area contributed by atoms with Gasteiger partial charge in [0.05, 0.1) is 6.54 Å². The largest absolute Gasteiger partial charge is 0.376 e. The molecule has 0 saturated heterocycles. The highest BCUT2D eigenvalue weighted by atomic mass is 16.1. The average molecular weight is 248 g/mol. The maximum Gasteiger partial charge on any atom is 0.239 e. The van der Waals surface area contributed by atoms with Crippen LogP contribution >= 0.6 is 0 Å². The first-order valence-electron chi connectivity index (χ1n) is 6.66. The molecule has 1 amide bonds. The Morgan fingerprint density at radius 1 is 1.11 bits per heavy atom. The summed E-state index contributed by atoms with van der Waals surface area (Å²) in [5.41, 5.74) is 3.42. The highest BCUT2D eigenvalue weighted by Crippen LogP contribution is 2.13. The fraction of sp³-hybridized carbons (Fsp3) is 0.533. The molecule has 3 heteroatoms. The normalized spacial score (nSPS) is 10.5. The minimum Gasteiger partial charge on any atom is -0.376 e. The number of rotatable bonds is 6. The van der Waals surface area contributed by atoms with Crippen molar-refractivity contribution in [2.45, 2.75) is 46.6 Å². The molecule has 0 saturated carbocycles. The second-order valence-corrected chi connectivity index (χ2v) is 4.81. The van der Waals surface area contributed by atoms with Crippen LogP contribution in [0.3, 0.4) is 0 Å². The van der Waals surface area contributed by atoms with Gasteiger partial charge in [0.1, 0.15) is 0 Å². The number of carbonyl (C=O) groups is 1.